The molecule has 27 heavy (non-hydrogen) atoms. The molecule has 1 atom stereocenters. The summed E-state index contributed by atoms with van der Waals surface area (Å²) in [5, 5.41) is 17.3. The second-order valence-electron chi connectivity index (χ2n) is 7.31. The molecule has 1 unspecified atom stereocenters. The van der Waals surface area contributed by atoms with Crippen molar-refractivity contribution in [3.8, 4) is 0 Å². The summed E-state index contributed by atoms with van der Waals surface area (Å²) in [6, 6.07) is 9.65. The van der Waals surface area contributed by atoms with Crippen LogP contribution in [0.3, 0.4) is 0 Å². The molecule has 1 aromatic rings. The highest BCUT2D eigenvalue weighted by molar-refractivity contribution is 5.74. The van der Waals surface area contributed by atoms with Gasteiger partial charge in [-0.05, 0) is 46.6 Å². The highest BCUT2D eigenvalue weighted by Gasteiger charge is 2.14. The number of ether oxygens (including phenoxy) is 1. The number of alkyl carbamates (subject to hydrolysis) is 1. The van der Waals surface area contributed by atoms with Crippen molar-refractivity contribution < 1.29 is 19.4 Å². The molecule has 0 aromatic heterocycles. The lowest BCUT2D eigenvalue weighted by atomic mass is 10.1. The van der Waals surface area contributed by atoms with E-state index in [1.54, 1.807) is 13.8 Å². The topological polar surface area (TPSA) is 99.7 Å². The van der Waals surface area contributed by atoms with Gasteiger partial charge in [-0.1, -0.05) is 37.3 Å². The SMILES string of the molecule is CC(C)NC(=O)OCc1ccccc1.CCC(C)NC(=O)NCC(C)(C)O. The van der Waals surface area contributed by atoms with E-state index in [2.05, 4.69) is 16.0 Å². The van der Waals surface area contributed by atoms with Gasteiger partial charge in [-0.15, -0.1) is 0 Å². The van der Waals surface area contributed by atoms with Gasteiger partial charge in [0.05, 0.1) is 5.60 Å². The van der Waals surface area contributed by atoms with Crippen LogP contribution >= 0.6 is 0 Å². The molecule has 0 aliphatic carbocycles. The first-order chi connectivity index (χ1) is 12.5. The van der Waals surface area contributed by atoms with E-state index in [0.717, 1.165) is 12.0 Å². The zero-order valence-electron chi connectivity index (χ0n) is 17.3. The fourth-order valence-electron chi connectivity index (χ4n) is 1.67. The summed E-state index contributed by atoms with van der Waals surface area (Å²) in [5.41, 5.74) is 0.138. The van der Waals surface area contributed by atoms with Crippen LogP contribution in [0, 0.1) is 0 Å². The van der Waals surface area contributed by atoms with E-state index < -0.39 is 5.60 Å². The molecular formula is C20H35N3O4. The largest absolute Gasteiger partial charge is 0.445 e. The van der Waals surface area contributed by atoms with Crippen LogP contribution in [0.2, 0.25) is 0 Å². The maximum Gasteiger partial charge on any atom is 0.407 e. The third-order valence-electron chi connectivity index (χ3n) is 3.29. The lowest BCUT2D eigenvalue weighted by Gasteiger charge is -2.19. The van der Waals surface area contributed by atoms with Gasteiger partial charge in [0.15, 0.2) is 0 Å². The summed E-state index contributed by atoms with van der Waals surface area (Å²) in [6.07, 6.45) is 0.527. The highest BCUT2D eigenvalue weighted by atomic mass is 16.5. The molecule has 0 aliphatic heterocycles. The maximum atomic E-state index is 11.1. The first-order valence-corrected chi connectivity index (χ1v) is 9.27. The summed E-state index contributed by atoms with van der Waals surface area (Å²) in [5.74, 6) is 0. The molecule has 7 heteroatoms. The second-order valence-corrected chi connectivity index (χ2v) is 7.31. The molecule has 0 radical (unpaired) electrons. The van der Waals surface area contributed by atoms with E-state index in [0.29, 0.717) is 6.61 Å². The number of hydrogen-bond donors (Lipinski definition) is 4. The van der Waals surface area contributed by atoms with Crippen molar-refractivity contribution in [2.75, 3.05) is 6.54 Å². The number of aliphatic hydroxyl groups is 1. The molecule has 0 heterocycles. The monoisotopic (exact) mass is 381 g/mol. The molecule has 0 spiro atoms. The van der Waals surface area contributed by atoms with Gasteiger partial charge in [-0.2, -0.15) is 0 Å². The molecule has 4 N–H and O–H groups in total. The average Bonchev–Trinajstić information content (AvgIpc) is 2.58. The summed E-state index contributed by atoms with van der Waals surface area (Å²) < 4.78 is 4.99. The second kappa shape index (κ2) is 13.0. The summed E-state index contributed by atoms with van der Waals surface area (Å²) in [4.78, 5) is 22.2. The van der Waals surface area contributed by atoms with Crippen LogP contribution in [0.1, 0.15) is 53.5 Å². The molecule has 3 amide bonds. The number of hydrogen-bond acceptors (Lipinski definition) is 4. The fourth-order valence-corrected chi connectivity index (χ4v) is 1.67. The predicted molar refractivity (Wildman–Crippen MR) is 107 cm³/mol. The van der Waals surface area contributed by atoms with Gasteiger partial charge >= 0.3 is 12.1 Å². The normalized spacial score (nSPS) is 11.7. The lowest BCUT2D eigenvalue weighted by molar-refractivity contribution is 0.0818. The molecule has 154 valence electrons. The van der Waals surface area contributed by atoms with Crippen LogP contribution in [-0.4, -0.2) is 41.5 Å². The minimum Gasteiger partial charge on any atom is -0.445 e. The standard InChI is InChI=1S/C11H15NO2.C9H20N2O2/c1-9(2)12-11(13)14-8-10-6-4-3-5-7-10;1-5-7(2)11-8(12)10-6-9(3,4)13/h3-7,9H,8H2,1-2H3,(H,12,13);7,13H,5-6H2,1-4H3,(H2,10,11,12). The van der Waals surface area contributed by atoms with Crippen molar-refractivity contribution in [2.45, 2.75) is 72.3 Å². The Kier molecular flexibility index (Phi) is 11.9. The number of amides is 3. The smallest absolute Gasteiger partial charge is 0.407 e. The Balaban J connectivity index is 0.000000503. The average molecular weight is 382 g/mol. The van der Waals surface area contributed by atoms with Gasteiger partial charge in [0, 0.05) is 18.6 Å². The maximum absolute atomic E-state index is 11.1. The highest BCUT2D eigenvalue weighted by Crippen LogP contribution is 2.00. The van der Waals surface area contributed by atoms with Crippen molar-refractivity contribution in [3.63, 3.8) is 0 Å². The molecule has 0 fully saturated rings. The third kappa shape index (κ3) is 15.7. The van der Waals surface area contributed by atoms with Crippen molar-refractivity contribution in [1.29, 1.82) is 0 Å². The van der Waals surface area contributed by atoms with E-state index in [4.69, 9.17) is 4.74 Å². The van der Waals surface area contributed by atoms with E-state index in [-0.39, 0.29) is 30.8 Å². The zero-order chi connectivity index (χ0) is 20.9. The molecule has 7 nitrogen and oxygen atoms in total. The number of benzene rings is 1. The Labute approximate surface area is 162 Å². The van der Waals surface area contributed by atoms with E-state index in [1.807, 2.05) is 58.0 Å². The van der Waals surface area contributed by atoms with Crippen molar-refractivity contribution in [3.05, 3.63) is 35.9 Å². The van der Waals surface area contributed by atoms with Gasteiger partial charge in [0.1, 0.15) is 6.61 Å². The minimum absolute atomic E-state index is 0.110. The van der Waals surface area contributed by atoms with Crippen LogP contribution in [-0.2, 0) is 11.3 Å². The van der Waals surface area contributed by atoms with Crippen LogP contribution in [0.4, 0.5) is 9.59 Å². The first-order valence-electron chi connectivity index (χ1n) is 9.27. The molecular weight excluding hydrogens is 346 g/mol. The van der Waals surface area contributed by atoms with Crippen LogP contribution < -0.4 is 16.0 Å². The number of urea groups is 1. The number of carbonyl (C=O) groups is 2. The van der Waals surface area contributed by atoms with Crippen molar-refractivity contribution in [1.82, 2.24) is 16.0 Å². The van der Waals surface area contributed by atoms with Gasteiger partial charge in [-0.3, -0.25) is 0 Å². The van der Waals surface area contributed by atoms with Crippen LogP contribution in [0.15, 0.2) is 30.3 Å². The van der Waals surface area contributed by atoms with E-state index in [1.165, 1.54) is 0 Å². The molecule has 0 bridgehead atoms. The Morgan fingerprint density at radius 2 is 1.70 bits per heavy atom. The van der Waals surface area contributed by atoms with Crippen LogP contribution in [0.25, 0.3) is 0 Å². The first kappa shape index (κ1) is 24.7. The number of carbonyl (C=O) groups excluding carboxylic acids is 2. The molecule has 1 aromatic carbocycles. The lowest BCUT2D eigenvalue weighted by Crippen LogP contribution is -2.45. The van der Waals surface area contributed by atoms with E-state index >= 15 is 0 Å². The summed E-state index contributed by atoms with van der Waals surface area (Å²) in [7, 11) is 0. The Morgan fingerprint density at radius 3 is 2.19 bits per heavy atom. The minimum atomic E-state index is -0.854. The molecule has 1 rings (SSSR count). The van der Waals surface area contributed by atoms with Gasteiger partial charge in [-0.25, -0.2) is 9.59 Å². The number of nitrogens with one attached hydrogen (secondary N) is 3. The summed E-state index contributed by atoms with van der Waals surface area (Å²) in [6.45, 7) is 11.6. The van der Waals surface area contributed by atoms with Gasteiger partial charge < -0.3 is 25.8 Å². The Bertz CT molecular complexity index is 542. The van der Waals surface area contributed by atoms with Crippen molar-refractivity contribution in [2.24, 2.45) is 0 Å². The quantitative estimate of drug-likeness (QED) is 0.583. The fraction of sp³-hybridized carbons (Fsp3) is 0.600. The predicted octanol–water partition coefficient (Wildman–Crippen LogP) is 3.18. The zero-order valence-corrected chi connectivity index (χ0v) is 17.3. The molecule has 0 saturated heterocycles. The van der Waals surface area contributed by atoms with Crippen molar-refractivity contribution >= 4 is 12.1 Å². The Morgan fingerprint density at radius 1 is 1.11 bits per heavy atom. The van der Waals surface area contributed by atoms with Gasteiger partial charge in [0.25, 0.3) is 0 Å². The van der Waals surface area contributed by atoms with E-state index in [9.17, 15) is 14.7 Å². The molecule has 0 aliphatic rings. The number of rotatable bonds is 7. The summed E-state index contributed by atoms with van der Waals surface area (Å²) >= 11 is 0. The third-order valence-corrected chi connectivity index (χ3v) is 3.29. The van der Waals surface area contributed by atoms with Gasteiger partial charge in [0.2, 0.25) is 0 Å². The van der Waals surface area contributed by atoms with Crippen LogP contribution in [0.5, 0.6) is 0 Å². The molecule has 0 saturated carbocycles. The Hall–Kier alpha value is -2.28.